The van der Waals surface area contributed by atoms with E-state index in [1.165, 1.54) is 30.6 Å². The molecule has 4 rings (SSSR count). The van der Waals surface area contributed by atoms with Gasteiger partial charge in [-0.1, -0.05) is 67.0 Å². The summed E-state index contributed by atoms with van der Waals surface area (Å²) in [4.78, 5) is 7.05. The third-order valence-electron chi connectivity index (χ3n) is 5.62. The average Bonchev–Trinajstić information content (AvgIpc) is 3.13. The molecular weight excluding hydrogens is 370 g/mol. The Balaban J connectivity index is 1.38. The standard InChI is InChI=1S/C23H26ClN3O/c1-23(2,19-8-10-20(24)11-9-19)13-12-21-25-22(26-28-21)18-6-4-17(5-7-18)16-27-14-3-15-27/h4-11H,3,12-16H2,1-2H3. The molecule has 3 aromatic rings. The third-order valence-corrected chi connectivity index (χ3v) is 5.88. The predicted octanol–water partition coefficient (Wildman–Crippen LogP) is 5.51. The fourth-order valence-electron chi connectivity index (χ4n) is 3.50. The van der Waals surface area contributed by atoms with Crippen molar-refractivity contribution >= 4 is 11.6 Å². The number of aromatic nitrogens is 2. The van der Waals surface area contributed by atoms with E-state index in [0.29, 0.717) is 11.7 Å². The van der Waals surface area contributed by atoms with Gasteiger partial charge >= 0.3 is 0 Å². The molecule has 0 saturated carbocycles. The van der Waals surface area contributed by atoms with Crippen LogP contribution in [0.15, 0.2) is 53.1 Å². The van der Waals surface area contributed by atoms with Gasteiger partial charge in [0.1, 0.15) is 0 Å². The van der Waals surface area contributed by atoms with E-state index in [-0.39, 0.29) is 5.41 Å². The van der Waals surface area contributed by atoms with E-state index in [1.807, 2.05) is 12.1 Å². The minimum Gasteiger partial charge on any atom is -0.339 e. The quantitative estimate of drug-likeness (QED) is 0.529. The fraction of sp³-hybridized carbons (Fsp3) is 0.391. The smallest absolute Gasteiger partial charge is 0.226 e. The maximum atomic E-state index is 6.00. The zero-order valence-corrected chi connectivity index (χ0v) is 17.2. The first-order valence-corrected chi connectivity index (χ1v) is 10.3. The minimum atomic E-state index is 0.0116. The van der Waals surface area contributed by atoms with Crippen molar-refractivity contribution < 1.29 is 4.52 Å². The van der Waals surface area contributed by atoms with Gasteiger partial charge in [-0.2, -0.15) is 4.98 Å². The Bertz CT molecular complexity index is 912. The summed E-state index contributed by atoms with van der Waals surface area (Å²) in [6.45, 7) is 7.90. The maximum Gasteiger partial charge on any atom is 0.226 e. The molecule has 1 aromatic heterocycles. The minimum absolute atomic E-state index is 0.0116. The van der Waals surface area contributed by atoms with Gasteiger partial charge in [-0.3, -0.25) is 4.90 Å². The maximum absolute atomic E-state index is 6.00. The first-order chi connectivity index (χ1) is 13.5. The number of halogens is 1. The van der Waals surface area contributed by atoms with E-state index < -0.39 is 0 Å². The second kappa shape index (κ2) is 8.06. The molecule has 0 aliphatic carbocycles. The van der Waals surface area contributed by atoms with Crippen molar-refractivity contribution in [3.8, 4) is 11.4 Å². The Hall–Kier alpha value is -2.17. The van der Waals surface area contributed by atoms with Gasteiger partial charge in [-0.05, 0) is 54.6 Å². The molecule has 0 unspecified atom stereocenters. The topological polar surface area (TPSA) is 42.2 Å². The normalized spacial score (nSPS) is 14.8. The summed E-state index contributed by atoms with van der Waals surface area (Å²) < 4.78 is 5.50. The van der Waals surface area contributed by atoms with Gasteiger partial charge in [0.05, 0.1) is 0 Å². The lowest BCUT2D eigenvalue weighted by Gasteiger charge is -2.30. The van der Waals surface area contributed by atoms with Crippen molar-refractivity contribution in [2.24, 2.45) is 0 Å². The highest BCUT2D eigenvalue weighted by Gasteiger charge is 2.22. The fourth-order valence-corrected chi connectivity index (χ4v) is 3.62. The summed E-state index contributed by atoms with van der Waals surface area (Å²) >= 11 is 6.00. The van der Waals surface area contributed by atoms with Crippen LogP contribution < -0.4 is 0 Å². The second-order valence-corrected chi connectivity index (χ2v) is 8.67. The SMILES string of the molecule is CC(C)(CCc1nc(-c2ccc(CN3CCC3)cc2)no1)c1ccc(Cl)cc1. The first kappa shape index (κ1) is 19.2. The van der Waals surface area contributed by atoms with Gasteiger partial charge in [0.2, 0.25) is 11.7 Å². The highest BCUT2D eigenvalue weighted by Crippen LogP contribution is 2.29. The van der Waals surface area contributed by atoms with Gasteiger partial charge in [-0.15, -0.1) is 0 Å². The van der Waals surface area contributed by atoms with E-state index in [4.69, 9.17) is 16.1 Å². The molecule has 2 heterocycles. The summed E-state index contributed by atoms with van der Waals surface area (Å²) in [6.07, 6.45) is 2.99. The molecule has 0 atom stereocenters. The van der Waals surface area contributed by atoms with Crippen LogP contribution in [-0.4, -0.2) is 28.1 Å². The van der Waals surface area contributed by atoms with E-state index in [1.54, 1.807) is 0 Å². The van der Waals surface area contributed by atoms with E-state index >= 15 is 0 Å². The van der Waals surface area contributed by atoms with Gasteiger partial charge in [-0.25, -0.2) is 0 Å². The number of nitrogens with zero attached hydrogens (tertiary/aromatic N) is 3. The monoisotopic (exact) mass is 395 g/mol. The molecule has 1 fully saturated rings. The van der Waals surface area contributed by atoms with Crippen molar-refractivity contribution in [2.45, 2.75) is 45.1 Å². The number of rotatable bonds is 7. The lowest BCUT2D eigenvalue weighted by Crippen LogP contribution is -2.36. The highest BCUT2D eigenvalue weighted by molar-refractivity contribution is 6.30. The van der Waals surface area contributed by atoms with E-state index in [2.05, 4.69) is 65.3 Å². The molecule has 2 aromatic carbocycles. The number of hydrogen-bond donors (Lipinski definition) is 0. The van der Waals surface area contributed by atoms with Crippen LogP contribution >= 0.6 is 11.6 Å². The summed E-state index contributed by atoms with van der Waals surface area (Å²) in [5.41, 5.74) is 3.60. The number of hydrogen-bond acceptors (Lipinski definition) is 4. The van der Waals surface area contributed by atoms with Crippen molar-refractivity contribution in [1.82, 2.24) is 15.0 Å². The average molecular weight is 396 g/mol. The van der Waals surface area contributed by atoms with Crippen LogP contribution in [0.25, 0.3) is 11.4 Å². The molecule has 1 saturated heterocycles. The van der Waals surface area contributed by atoms with Crippen molar-refractivity contribution in [3.63, 3.8) is 0 Å². The molecule has 28 heavy (non-hydrogen) atoms. The summed E-state index contributed by atoms with van der Waals surface area (Å²) in [5.74, 6) is 1.34. The molecule has 0 bridgehead atoms. The van der Waals surface area contributed by atoms with Crippen molar-refractivity contribution in [1.29, 1.82) is 0 Å². The van der Waals surface area contributed by atoms with Crippen LogP contribution in [0.2, 0.25) is 5.02 Å². The molecule has 146 valence electrons. The van der Waals surface area contributed by atoms with E-state index in [9.17, 15) is 0 Å². The van der Waals surface area contributed by atoms with Gasteiger partial charge in [0.25, 0.3) is 0 Å². The van der Waals surface area contributed by atoms with Crippen molar-refractivity contribution in [3.05, 3.63) is 70.6 Å². The Morgan fingerprint density at radius 2 is 1.75 bits per heavy atom. The third kappa shape index (κ3) is 4.45. The molecule has 0 radical (unpaired) electrons. The highest BCUT2D eigenvalue weighted by atomic mass is 35.5. The van der Waals surface area contributed by atoms with Crippen LogP contribution in [0.3, 0.4) is 0 Å². The Morgan fingerprint density at radius 3 is 2.39 bits per heavy atom. The van der Waals surface area contributed by atoms with Crippen LogP contribution in [0, 0.1) is 0 Å². The van der Waals surface area contributed by atoms with Gasteiger partial charge in [0.15, 0.2) is 0 Å². The second-order valence-electron chi connectivity index (χ2n) is 8.23. The number of likely N-dealkylation sites (tertiary alicyclic amines) is 1. The predicted molar refractivity (Wildman–Crippen MR) is 112 cm³/mol. The molecule has 5 heteroatoms. The van der Waals surface area contributed by atoms with Crippen molar-refractivity contribution in [2.75, 3.05) is 13.1 Å². The summed E-state index contributed by atoms with van der Waals surface area (Å²) in [7, 11) is 0. The zero-order valence-electron chi connectivity index (χ0n) is 16.5. The summed E-state index contributed by atoms with van der Waals surface area (Å²) in [6, 6.07) is 16.5. The lowest BCUT2D eigenvalue weighted by molar-refractivity contribution is 0.172. The Labute approximate surface area is 171 Å². The number of benzene rings is 2. The molecule has 0 spiro atoms. The molecule has 4 nitrogen and oxygen atoms in total. The van der Waals surface area contributed by atoms with Crippen LogP contribution in [0.5, 0.6) is 0 Å². The largest absolute Gasteiger partial charge is 0.339 e. The molecule has 0 amide bonds. The van der Waals surface area contributed by atoms with Gasteiger partial charge < -0.3 is 4.52 Å². The molecular formula is C23H26ClN3O. The molecule has 1 aliphatic rings. The molecule has 0 N–H and O–H groups in total. The Kier molecular flexibility index (Phi) is 5.51. The van der Waals surface area contributed by atoms with E-state index in [0.717, 1.165) is 30.0 Å². The van der Waals surface area contributed by atoms with Crippen LogP contribution in [0.4, 0.5) is 0 Å². The van der Waals surface area contributed by atoms with Crippen LogP contribution in [0.1, 0.15) is 43.7 Å². The van der Waals surface area contributed by atoms with Crippen LogP contribution in [-0.2, 0) is 18.4 Å². The zero-order chi connectivity index (χ0) is 19.6. The molecule has 1 aliphatic heterocycles. The number of aryl methyl sites for hydroxylation is 1. The Morgan fingerprint density at radius 1 is 1.04 bits per heavy atom. The first-order valence-electron chi connectivity index (χ1n) is 9.90. The summed E-state index contributed by atoms with van der Waals surface area (Å²) in [5, 5.41) is 4.94. The lowest BCUT2D eigenvalue weighted by atomic mass is 9.80. The van der Waals surface area contributed by atoms with Gasteiger partial charge in [0, 0.05) is 23.6 Å².